The van der Waals surface area contributed by atoms with Gasteiger partial charge in [0, 0.05) is 18.0 Å². The van der Waals surface area contributed by atoms with Gasteiger partial charge in [-0.05, 0) is 30.3 Å². The average Bonchev–Trinajstić information content (AvgIpc) is 2.81. The molecule has 0 N–H and O–H groups in total. The highest BCUT2D eigenvalue weighted by Crippen LogP contribution is 2.25. The molecule has 0 saturated heterocycles. The smallest absolute Gasteiger partial charge is 0.165 e. The molecular formula is C14H10ClFN2O. The third kappa shape index (κ3) is 2.15. The molecule has 5 heteroatoms. The molecule has 0 atom stereocenters. The highest BCUT2D eigenvalue weighted by Gasteiger charge is 2.08. The van der Waals surface area contributed by atoms with Gasteiger partial charge in [-0.2, -0.15) is 0 Å². The van der Waals surface area contributed by atoms with Crippen molar-refractivity contribution >= 4 is 17.2 Å². The van der Waals surface area contributed by atoms with Crippen LogP contribution in [0, 0.1) is 5.82 Å². The number of imidazole rings is 1. The lowest BCUT2D eigenvalue weighted by Gasteiger charge is -2.02. The van der Waals surface area contributed by atoms with E-state index in [1.807, 2.05) is 12.3 Å². The molecule has 0 spiro atoms. The van der Waals surface area contributed by atoms with Gasteiger partial charge in [0.25, 0.3) is 0 Å². The van der Waals surface area contributed by atoms with Gasteiger partial charge in [0.15, 0.2) is 11.6 Å². The molecule has 0 fully saturated rings. The topological polar surface area (TPSA) is 26.5 Å². The molecule has 0 aliphatic heterocycles. The maximum absolute atomic E-state index is 13.7. The zero-order chi connectivity index (χ0) is 13.4. The molecule has 0 amide bonds. The highest BCUT2D eigenvalue weighted by atomic mass is 35.5. The van der Waals surface area contributed by atoms with Crippen molar-refractivity contribution in [2.24, 2.45) is 0 Å². The van der Waals surface area contributed by atoms with Crippen molar-refractivity contribution in [3.05, 3.63) is 53.6 Å². The van der Waals surface area contributed by atoms with Gasteiger partial charge in [0.05, 0.1) is 17.8 Å². The number of aromatic nitrogens is 2. The number of hydrogen-bond acceptors (Lipinski definition) is 2. The number of rotatable bonds is 2. The van der Waals surface area contributed by atoms with Crippen LogP contribution >= 0.6 is 11.6 Å². The fourth-order valence-corrected chi connectivity index (χ4v) is 2.10. The largest absolute Gasteiger partial charge is 0.494 e. The van der Waals surface area contributed by atoms with Crippen molar-refractivity contribution in [1.29, 1.82) is 0 Å². The summed E-state index contributed by atoms with van der Waals surface area (Å²) in [6, 6.07) is 8.34. The predicted molar refractivity (Wildman–Crippen MR) is 72.1 cm³/mol. The number of fused-ring (bicyclic) bond motifs is 1. The number of pyridine rings is 1. The number of nitrogens with zero attached hydrogens (tertiary/aromatic N) is 2. The second-order valence-electron chi connectivity index (χ2n) is 4.09. The molecule has 3 rings (SSSR count). The minimum atomic E-state index is -0.407. The molecular weight excluding hydrogens is 267 g/mol. The SMILES string of the molecule is COc1ccc(-c2cn3cc(Cl)ccc3n2)cc1F. The van der Waals surface area contributed by atoms with Crippen LogP contribution in [-0.4, -0.2) is 16.5 Å². The summed E-state index contributed by atoms with van der Waals surface area (Å²) in [5.41, 5.74) is 2.14. The zero-order valence-electron chi connectivity index (χ0n) is 10.1. The number of ether oxygens (including phenoxy) is 1. The monoisotopic (exact) mass is 276 g/mol. The second-order valence-corrected chi connectivity index (χ2v) is 4.52. The molecule has 0 bridgehead atoms. The van der Waals surface area contributed by atoms with E-state index >= 15 is 0 Å². The van der Waals surface area contributed by atoms with E-state index in [1.165, 1.54) is 13.2 Å². The third-order valence-corrected chi connectivity index (χ3v) is 3.09. The first-order valence-electron chi connectivity index (χ1n) is 5.65. The van der Waals surface area contributed by atoms with E-state index in [0.29, 0.717) is 16.3 Å². The third-order valence-electron chi connectivity index (χ3n) is 2.86. The molecule has 0 aliphatic rings. The van der Waals surface area contributed by atoms with E-state index < -0.39 is 5.82 Å². The Morgan fingerprint density at radius 3 is 2.79 bits per heavy atom. The normalized spacial score (nSPS) is 10.9. The standard InChI is InChI=1S/C14H10ClFN2O/c1-19-13-4-2-9(6-11(13)16)12-8-18-7-10(15)3-5-14(18)17-12/h2-8H,1H3. The molecule has 3 nitrogen and oxygen atoms in total. The van der Waals surface area contributed by atoms with Crippen molar-refractivity contribution in [1.82, 2.24) is 9.38 Å². The Bertz CT molecular complexity index is 754. The number of benzene rings is 1. The van der Waals surface area contributed by atoms with E-state index in [9.17, 15) is 4.39 Å². The zero-order valence-corrected chi connectivity index (χ0v) is 10.9. The van der Waals surface area contributed by atoms with E-state index in [4.69, 9.17) is 16.3 Å². The van der Waals surface area contributed by atoms with Crippen LogP contribution in [0.1, 0.15) is 0 Å². The van der Waals surface area contributed by atoms with Gasteiger partial charge < -0.3 is 9.14 Å². The molecule has 0 radical (unpaired) electrons. The molecule has 96 valence electrons. The van der Waals surface area contributed by atoms with Crippen molar-refractivity contribution in [2.75, 3.05) is 7.11 Å². The van der Waals surface area contributed by atoms with Crippen LogP contribution in [-0.2, 0) is 0 Å². The molecule has 1 aromatic carbocycles. The molecule has 0 aliphatic carbocycles. The summed E-state index contributed by atoms with van der Waals surface area (Å²) < 4.78 is 20.4. The fourth-order valence-electron chi connectivity index (χ4n) is 1.93. The van der Waals surface area contributed by atoms with Gasteiger partial charge >= 0.3 is 0 Å². The predicted octanol–water partition coefficient (Wildman–Crippen LogP) is 3.80. The van der Waals surface area contributed by atoms with Crippen LogP contribution in [0.25, 0.3) is 16.9 Å². The van der Waals surface area contributed by atoms with Crippen LogP contribution in [0.5, 0.6) is 5.75 Å². The van der Waals surface area contributed by atoms with Gasteiger partial charge in [0.2, 0.25) is 0 Å². The van der Waals surface area contributed by atoms with E-state index in [-0.39, 0.29) is 5.75 Å². The van der Waals surface area contributed by atoms with Crippen LogP contribution in [0.4, 0.5) is 4.39 Å². The van der Waals surface area contributed by atoms with Gasteiger partial charge in [0.1, 0.15) is 5.65 Å². The highest BCUT2D eigenvalue weighted by molar-refractivity contribution is 6.30. The van der Waals surface area contributed by atoms with Crippen molar-refractivity contribution < 1.29 is 9.13 Å². The summed E-state index contributed by atoms with van der Waals surface area (Å²) in [6.07, 6.45) is 3.57. The Kier molecular flexibility index (Phi) is 2.87. The number of hydrogen-bond donors (Lipinski definition) is 0. The maximum Gasteiger partial charge on any atom is 0.165 e. The van der Waals surface area contributed by atoms with Crippen LogP contribution < -0.4 is 4.74 Å². The van der Waals surface area contributed by atoms with Crippen molar-refractivity contribution in [3.63, 3.8) is 0 Å². The first-order valence-corrected chi connectivity index (χ1v) is 6.03. The van der Waals surface area contributed by atoms with Crippen LogP contribution in [0.3, 0.4) is 0 Å². The molecule has 19 heavy (non-hydrogen) atoms. The maximum atomic E-state index is 13.7. The Balaban J connectivity index is 2.11. The Morgan fingerprint density at radius 2 is 2.05 bits per heavy atom. The van der Waals surface area contributed by atoms with E-state index in [1.54, 1.807) is 28.8 Å². The van der Waals surface area contributed by atoms with Gasteiger partial charge in [-0.15, -0.1) is 0 Å². The van der Waals surface area contributed by atoms with Gasteiger partial charge in [-0.25, -0.2) is 9.37 Å². The van der Waals surface area contributed by atoms with Gasteiger partial charge in [-0.3, -0.25) is 0 Å². The lowest BCUT2D eigenvalue weighted by Crippen LogP contribution is -1.88. The summed E-state index contributed by atoms with van der Waals surface area (Å²) in [4.78, 5) is 4.42. The second kappa shape index (κ2) is 4.55. The average molecular weight is 277 g/mol. The first-order chi connectivity index (χ1) is 9.17. The van der Waals surface area contributed by atoms with Crippen LogP contribution in [0.2, 0.25) is 5.02 Å². The summed E-state index contributed by atoms with van der Waals surface area (Å²) in [7, 11) is 1.44. The minimum Gasteiger partial charge on any atom is -0.494 e. The summed E-state index contributed by atoms with van der Waals surface area (Å²) in [5, 5.41) is 0.623. The number of halogens is 2. The molecule has 3 aromatic rings. The quantitative estimate of drug-likeness (QED) is 0.712. The molecule has 0 unspecified atom stereocenters. The lowest BCUT2D eigenvalue weighted by atomic mass is 10.1. The van der Waals surface area contributed by atoms with Crippen molar-refractivity contribution in [2.45, 2.75) is 0 Å². The summed E-state index contributed by atoms with van der Waals surface area (Å²) in [6.45, 7) is 0. The summed E-state index contributed by atoms with van der Waals surface area (Å²) >= 11 is 5.91. The molecule has 0 saturated carbocycles. The fraction of sp³-hybridized carbons (Fsp3) is 0.0714. The molecule has 2 aromatic heterocycles. The van der Waals surface area contributed by atoms with E-state index in [2.05, 4.69) is 4.98 Å². The molecule has 2 heterocycles. The summed E-state index contributed by atoms with van der Waals surface area (Å²) in [5.74, 6) is -0.189. The Labute approximate surface area is 114 Å². The minimum absolute atomic E-state index is 0.218. The Hall–Kier alpha value is -2.07. The number of methoxy groups -OCH3 is 1. The lowest BCUT2D eigenvalue weighted by molar-refractivity contribution is 0.386. The first kappa shape index (κ1) is 12.0. The van der Waals surface area contributed by atoms with Gasteiger partial charge in [-0.1, -0.05) is 11.6 Å². The van der Waals surface area contributed by atoms with E-state index in [0.717, 1.165) is 5.65 Å². The van der Waals surface area contributed by atoms with Crippen LogP contribution in [0.15, 0.2) is 42.7 Å². The van der Waals surface area contributed by atoms with Crippen molar-refractivity contribution in [3.8, 4) is 17.0 Å². The Morgan fingerprint density at radius 1 is 1.21 bits per heavy atom.